The Kier molecular flexibility index (Phi) is 9.92. The van der Waals surface area contributed by atoms with Crippen LogP contribution in [0.3, 0.4) is 0 Å². The van der Waals surface area contributed by atoms with Gasteiger partial charge in [-0.2, -0.15) is 0 Å². The van der Waals surface area contributed by atoms with E-state index in [0.717, 1.165) is 28.1 Å². The van der Waals surface area contributed by atoms with Gasteiger partial charge in [0.25, 0.3) is 0 Å². The van der Waals surface area contributed by atoms with Gasteiger partial charge in [-0.05, 0) is 49.9 Å². The first-order chi connectivity index (χ1) is 16.1. The molecule has 0 bridgehead atoms. The van der Waals surface area contributed by atoms with Crippen LogP contribution in [0.1, 0.15) is 31.4 Å². The number of amides is 2. The van der Waals surface area contributed by atoms with Crippen LogP contribution in [-0.4, -0.2) is 64.2 Å². The lowest BCUT2D eigenvalue weighted by Crippen LogP contribution is -2.52. The van der Waals surface area contributed by atoms with Crippen LogP contribution in [0.15, 0.2) is 48.5 Å². The molecule has 0 spiro atoms. The summed E-state index contributed by atoms with van der Waals surface area (Å²) in [5, 5.41) is 2.82. The molecule has 2 rings (SSSR count). The van der Waals surface area contributed by atoms with Crippen molar-refractivity contribution in [2.75, 3.05) is 37.3 Å². The zero-order chi connectivity index (χ0) is 25.3. The van der Waals surface area contributed by atoms with Gasteiger partial charge in [-0.3, -0.25) is 13.9 Å². The maximum atomic E-state index is 13.5. The van der Waals surface area contributed by atoms with E-state index in [1.54, 1.807) is 25.1 Å². The minimum absolute atomic E-state index is 0.270. The van der Waals surface area contributed by atoms with Crippen LogP contribution in [0.25, 0.3) is 0 Å². The normalized spacial score (nSPS) is 12.0. The Morgan fingerprint density at radius 2 is 1.79 bits per heavy atom. The number of anilines is 1. The molecule has 1 N–H and O–H groups in total. The van der Waals surface area contributed by atoms with Crippen LogP contribution in [0, 0.1) is 6.92 Å². The standard InChI is InChI=1S/C25H35N3O5S/c1-6-15-26-25(30)20(3)27(16-14-21-10-8-7-9-11-21)24(29)18-28(34(5,31)32)22-17-19(2)12-13-23(22)33-4/h7-13,17,20H,6,14-16,18H2,1-5H3,(H,26,30)/t20-/m0/s1. The molecule has 0 aliphatic heterocycles. The molecule has 0 unspecified atom stereocenters. The minimum Gasteiger partial charge on any atom is -0.495 e. The summed E-state index contributed by atoms with van der Waals surface area (Å²) in [5.41, 5.74) is 2.12. The Bertz CT molecular complexity index is 1070. The van der Waals surface area contributed by atoms with Gasteiger partial charge in [0.1, 0.15) is 18.3 Å². The summed E-state index contributed by atoms with van der Waals surface area (Å²) in [5.74, 6) is -0.403. The first-order valence-electron chi connectivity index (χ1n) is 11.3. The van der Waals surface area contributed by atoms with Crippen molar-refractivity contribution < 1.29 is 22.7 Å². The third-order valence-corrected chi connectivity index (χ3v) is 6.61. The molecule has 34 heavy (non-hydrogen) atoms. The number of nitrogens with zero attached hydrogens (tertiary/aromatic N) is 2. The molecule has 0 aliphatic carbocycles. The minimum atomic E-state index is -3.82. The Morgan fingerprint density at radius 3 is 2.38 bits per heavy atom. The van der Waals surface area contributed by atoms with Gasteiger partial charge in [-0.1, -0.05) is 43.3 Å². The number of aryl methyl sites for hydroxylation is 1. The molecule has 0 saturated carbocycles. The first-order valence-corrected chi connectivity index (χ1v) is 13.2. The maximum absolute atomic E-state index is 13.5. The molecule has 0 aliphatic rings. The van der Waals surface area contributed by atoms with Crippen molar-refractivity contribution in [3.63, 3.8) is 0 Å². The molecule has 0 saturated heterocycles. The molecule has 0 fully saturated rings. The van der Waals surface area contributed by atoms with Gasteiger partial charge in [-0.25, -0.2) is 8.42 Å². The van der Waals surface area contributed by atoms with E-state index < -0.39 is 28.5 Å². The second-order valence-electron chi connectivity index (χ2n) is 8.23. The third-order valence-electron chi connectivity index (χ3n) is 5.48. The number of carbonyl (C=O) groups is 2. The summed E-state index contributed by atoms with van der Waals surface area (Å²) in [4.78, 5) is 27.6. The zero-order valence-electron chi connectivity index (χ0n) is 20.6. The fourth-order valence-electron chi connectivity index (χ4n) is 3.56. The van der Waals surface area contributed by atoms with Crippen LogP contribution in [-0.2, 0) is 26.0 Å². The lowest BCUT2D eigenvalue weighted by molar-refractivity contribution is -0.138. The fraction of sp³-hybridized carbons (Fsp3) is 0.440. The fourth-order valence-corrected chi connectivity index (χ4v) is 4.40. The molecule has 8 nitrogen and oxygen atoms in total. The van der Waals surface area contributed by atoms with Crippen LogP contribution in [0.4, 0.5) is 5.69 Å². The zero-order valence-corrected chi connectivity index (χ0v) is 21.4. The molecule has 1 atom stereocenters. The Balaban J connectivity index is 2.36. The molecule has 0 heterocycles. The summed E-state index contributed by atoms with van der Waals surface area (Å²) in [6.45, 7) is 5.76. The van der Waals surface area contributed by atoms with Crippen LogP contribution in [0.5, 0.6) is 5.75 Å². The van der Waals surface area contributed by atoms with Gasteiger partial charge < -0.3 is 15.0 Å². The Morgan fingerprint density at radius 1 is 1.12 bits per heavy atom. The van der Waals surface area contributed by atoms with Crippen molar-refractivity contribution in [2.24, 2.45) is 0 Å². The van der Waals surface area contributed by atoms with Gasteiger partial charge in [-0.15, -0.1) is 0 Å². The van der Waals surface area contributed by atoms with Crippen LogP contribution in [0.2, 0.25) is 0 Å². The van der Waals surface area contributed by atoms with Crippen molar-refractivity contribution in [1.29, 1.82) is 0 Å². The summed E-state index contributed by atoms with van der Waals surface area (Å²) < 4.78 is 31.8. The second-order valence-corrected chi connectivity index (χ2v) is 10.1. The average Bonchev–Trinajstić information content (AvgIpc) is 2.80. The third kappa shape index (κ3) is 7.48. The highest BCUT2D eigenvalue weighted by Gasteiger charge is 2.30. The number of rotatable bonds is 12. The van der Waals surface area contributed by atoms with E-state index in [4.69, 9.17) is 4.74 Å². The van der Waals surface area contributed by atoms with Crippen molar-refractivity contribution in [3.8, 4) is 5.75 Å². The number of carbonyl (C=O) groups excluding carboxylic acids is 2. The van der Waals surface area contributed by atoms with E-state index in [9.17, 15) is 18.0 Å². The number of ether oxygens (including phenoxy) is 1. The number of hydrogen-bond acceptors (Lipinski definition) is 5. The number of nitrogens with one attached hydrogen (secondary N) is 1. The topological polar surface area (TPSA) is 96.0 Å². The quantitative estimate of drug-likeness (QED) is 0.495. The van der Waals surface area contributed by atoms with E-state index in [0.29, 0.717) is 18.7 Å². The predicted octanol–water partition coefficient (Wildman–Crippen LogP) is 2.76. The lowest BCUT2D eigenvalue weighted by Gasteiger charge is -2.32. The Hall–Kier alpha value is -3.07. The number of sulfonamides is 1. The summed E-state index contributed by atoms with van der Waals surface area (Å²) in [6.07, 6.45) is 2.35. The van der Waals surface area contributed by atoms with Gasteiger partial charge >= 0.3 is 0 Å². The molecule has 2 aromatic carbocycles. The highest BCUT2D eigenvalue weighted by atomic mass is 32.2. The Labute approximate surface area is 202 Å². The van der Waals surface area contributed by atoms with Crippen molar-refractivity contribution in [1.82, 2.24) is 10.2 Å². The SMILES string of the molecule is CCCNC(=O)[C@H](C)N(CCc1ccccc1)C(=O)CN(c1cc(C)ccc1OC)S(C)(=O)=O. The molecule has 0 aromatic heterocycles. The first kappa shape index (κ1) is 27.2. The molecule has 2 aromatic rings. The van der Waals surface area contributed by atoms with Gasteiger partial charge in [0.15, 0.2) is 0 Å². The molecule has 186 valence electrons. The smallest absolute Gasteiger partial charge is 0.244 e. The van der Waals surface area contributed by atoms with Crippen LogP contribution >= 0.6 is 0 Å². The second kappa shape index (κ2) is 12.4. The van der Waals surface area contributed by atoms with Gasteiger partial charge in [0.05, 0.1) is 19.1 Å². The van der Waals surface area contributed by atoms with Gasteiger partial charge in [0, 0.05) is 13.1 Å². The largest absolute Gasteiger partial charge is 0.495 e. The summed E-state index contributed by atoms with van der Waals surface area (Å²) in [6, 6.07) is 14.0. The highest BCUT2D eigenvalue weighted by Crippen LogP contribution is 2.31. The summed E-state index contributed by atoms with van der Waals surface area (Å²) >= 11 is 0. The molecule has 0 radical (unpaired) electrons. The molecular weight excluding hydrogens is 454 g/mol. The van der Waals surface area contributed by atoms with E-state index >= 15 is 0 Å². The highest BCUT2D eigenvalue weighted by molar-refractivity contribution is 7.92. The molecule has 9 heteroatoms. The monoisotopic (exact) mass is 489 g/mol. The van der Waals surface area contributed by atoms with E-state index in [-0.39, 0.29) is 18.1 Å². The van der Waals surface area contributed by atoms with E-state index in [1.165, 1.54) is 12.0 Å². The lowest BCUT2D eigenvalue weighted by atomic mass is 10.1. The number of hydrogen-bond donors (Lipinski definition) is 1. The number of methoxy groups -OCH3 is 1. The molecule has 2 amide bonds. The number of benzene rings is 2. The van der Waals surface area contributed by atoms with E-state index in [2.05, 4.69) is 5.32 Å². The van der Waals surface area contributed by atoms with Crippen molar-refractivity contribution in [2.45, 2.75) is 39.7 Å². The molecular formula is C25H35N3O5S. The maximum Gasteiger partial charge on any atom is 0.244 e. The predicted molar refractivity (Wildman–Crippen MR) is 135 cm³/mol. The van der Waals surface area contributed by atoms with E-state index in [1.807, 2.05) is 44.2 Å². The van der Waals surface area contributed by atoms with Crippen molar-refractivity contribution >= 4 is 27.5 Å². The average molecular weight is 490 g/mol. The van der Waals surface area contributed by atoms with Crippen molar-refractivity contribution in [3.05, 3.63) is 59.7 Å². The van der Waals surface area contributed by atoms with Crippen LogP contribution < -0.4 is 14.4 Å². The summed E-state index contributed by atoms with van der Waals surface area (Å²) in [7, 11) is -2.37. The van der Waals surface area contributed by atoms with Gasteiger partial charge in [0.2, 0.25) is 21.8 Å².